The van der Waals surface area contributed by atoms with Crippen molar-refractivity contribution < 1.29 is 14.3 Å². The van der Waals surface area contributed by atoms with Gasteiger partial charge in [0, 0.05) is 16.6 Å². The minimum absolute atomic E-state index is 0.0356. The maximum Gasteiger partial charge on any atom is 0.261 e. The molecule has 1 N–H and O–H groups in total. The van der Waals surface area contributed by atoms with Gasteiger partial charge in [-0.2, -0.15) is 5.26 Å². The second-order valence-corrected chi connectivity index (χ2v) is 6.37. The van der Waals surface area contributed by atoms with E-state index in [4.69, 9.17) is 32.7 Å². The molecule has 1 amide bonds. The molecule has 0 bridgehead atoms. The van der Waals surface area contributed by atoms with Gasteiger partial charge in [-0.15, -0.1) is 0 Å². The van der Waals surface area contributed by atoms with Crippen LogP contribution in [0, 0.1) is 11.3 Å². The summed E-state index contributed by atoms with van der Waals surface area (Å²) >= 11 is 11.9. The first-order chi connectivity index (χ1) is 13.0. The zero-order valence-corrected chi connectivity index (χ0v) is 16.4. The zero-order valence-electron chi connectivity index (χ0n) is 14.9. The van der Waals surface area contributed by atoms with Gasteiger partial charge in [0.05, 0.1) is 14.2 Å². The number of rotatable bonds is 7. The highest BCUT2D eigenvalue weighted by Gasteiger charge is 2.11. The molecule has 0 aliphatic carbocycles. The fourth-order valence-corrected chi connectivity index (χ4v) is 2.84. The van der Waals surface area contributed by atoms with Crippen LogP contribution in [0.2, 0.25) is 10.0 Å². The normalized spacial score (nSPS) is 10.9. The van der Waals surface area contributed by atoms with E-state index >= 15 is 0 Å². The Bertz CT molecular complexity index is 905. The highest BCUT2D eigenvalue weighted by molar-refractivity contribution is 6.35. The summed E-state index contributed by atoms with van der Waals surface area (Å²) in [5.41, 5.74) is 1.48. The van der Waals surface area contributed by atoms with Crippen LogP contribution in [0.15, 0.2) is 42.0 Å². The van der Waals surface area contributed by atoms with E-state index in [9.17, 15) is 10.1 Å². The van der Waals surface area contributed by atoms with Crippen molar-refractivity contribution in [1.29, 1.82) is 5.26 Å². The van der Waals surface area contributed by atoms with E-state index in [0.717, 1.165) is 5.56 Å². The maximum atomic E-state index is 12.3. The van der Waals surface area contributed by atoms with Crippen molar-refractivity contribution in [1.82, 2.24) is 5.32 Å². The highest BCUT2D eigenvalue weighted by Crippen LogP contribution is 2.27. The van der Waals surface area contributed by atoms with Gasteiger partial charge >= 0.3 is 0 Å². The molecule has 0 aromatic heterocycles. The Labute approximate surface area is 168 Å². The smallest absolute Gasteiger partial charge is 0.261 e. The van der Waals surface area contributed by atoms with Crippen LogP contribution in [0.4, 0.5) is 0 Å². The Balaban J connectivity index is 2.01. The van der Waals surface area contributed by atoms with E-state index in [1.807, 2.05) is 18.2 Å². The van der Waals surface area contributed by atoms with Crippen LogP contribution in [0.5, 0.6) is 11.5 Å². The van der Waals surface area contributed by atoms with Crippen molar-refractivity contribution in [2.45, 2.75) is 6.42 Å². The molecule has 5 nitrogen and oxygen atoms in total. The largest absolute Gasteiger partial charge is 0.493 e. The third kappa shape index (κ3) is 5.65. The van der Waals surface area contributed by atoms with Gasteiger partial charge < -0.3 is 14.8 Å². The topological polar surface area (TPSA) is 71.3 Å². The first kappa shape index (κ1) is 20.6. The molecule has 7 heteroatoms. The minimum Gasteiger partial charge on any atom is -0.493 e. The van der Waals surface area contributed by atoms with E-state index in [0.29, 0.717) is 40.1 Å². The maximum absolute atomic E-state index is 12.3. The van der Waals surface area contributed by atoms with Crippen LogP contribution in [0.1, 0.15) is 11.1 Å². The Kier molecular flexibility index (Phi) is 7.54. The lowest BCUT2D eigenvalue weighted by Crippen LogP contribution is -2.26. The van der Waals surface area contributed by atoms with Crippen LogP contribution in [-0.4, -0.2) is 26.7 Å². The van der Waals surface area contributed by atoms with Crippen molar-refractivity contribution in [3.63, 3.8) is 0 Å². The Hall–Kier alpha value is -2.68. The highest BCUT2D eigenvalue weighted by atomic mass is 35.5. The summed E-state index contributed by atoms with van der Waals surface area (Å²) in [4.78, 5) is 12.3. The van der Waals surface area contributed by atoms with Crippen LogP contribution in [0.3, 0.4) is 0 Å². The fourth-order valence-electron chi connectivity index (χ4n) is 2.37. The van der Waals surface area contributed by atoms with Crippen LogP contribution in [-0.2, 0) is 11.2 Å². The van der Waals surface area contributed by atoms with Crippen LogP contribution >= 0.6 is 23.2 Å². The summed E-state index contributed by atoms with van der Waals surface area (Å²) in [6.45, 7) is 0.363. The average molecular weight is 405 g/mol. The lowest BCUT2D eigenvalue weighted by Gasteiger charge is -2.10. The molecule has 0 aliphatic rings. The van der Waals surface area contributed by atoms with Crippen LogP contribution in [0.25, 0.3) is 6.08 Å². The van der Waals surface area contributed by atoms with Crippen molar-refractivity contribution in [3.8, 4) is 17.6 Å². The van der Waals surface area contributed by atoms with Crippen molar-refractivity contribution in [2.75, 3.05) is 20.8 Å². The molecule has 140 valence electrons. The third-order valence-corrected chi connectivity index (χ3v) is 4.34. The fraction of sp³-hybridized carbons (Fsp3) is 0.200. The number of hydrogen-bond donors (Lipinski definition) is 1. The second kappa shape index (κ2) is 9.86. The van der Waals surface area contributed by atoms with Gasteiger partial charge in [-0.25, -0.2) is 0 Å². The monoisotopic (exact) mass is 404 g/mol. The van der Waals surface area contributed by atoms with Crippen molar-refractivity contribution >= 4 is 35.2 Å². The van der Waals surface area contributed by atoms with E-state index in [1.54, 1.807) is 38.5 Å². The average Bonchev–Trinajstić information content (AvgIpc) is 2.67. The zero-order chi connectivity index (χ0) is 19.8. The summed E-state index contributed by atoms with van der Waals surface area (Å²) in [5.74, 6) is 0.792. The molecule has 0 saturated carbocycles. The van der Waals surface area contributed by atoms with Gasteiger partial charge in [0.15, 0.2) is 11.5 Å². The van der Waals surface area contributed by atoms with Gasteiger partial charge in [-0.1, -0.05) is 35.3 Å². The summed E-state index contributed by atoms with van der Waals surface area (Å²) in [7, 11) is 3.13. The number of amides is 1. The van der Waals surface area contributed by atoms with E-state index in [-0.39, 0.29) is 5.57 Å². The standard InChI is InChI=1S/C20H18Cl2N2O3/c1-26-18-6-3-13(9-19(18)27-2)7-8-24-20(25)15(12-23)10-14-4-5-16(21)11-17(14)22/h3-6,9-11H,7-8H2,1-2H3,(H,24,25)/b15-10-. The summed E-state index contributed by atoms with van der Waals surface area (Å²) in [5, 5.41) is 12.8. The second-order valence-electron chi connectivity index (χ2n) is 5.53. The number of carbonyl (C=O) groups excluding carboxylic acids is 1. The number of carbonyl (C=O) groups is 1. The van der Waals surface area contributed by atoms with E-state index < -0.39 is 5.91 Å². The number of methoxy groups -OCH3 is 2. The summed E-state index contributed by atoms with van der Waals surface area (Å²) in [6, 6.07) is 12.3. The molecule has 0 heterocycles. The van der Waals surface area contributed by atoms with Crippen molar-refractivity contribution in [3.05, 3.63) is 63.1 Å². The Morgan fingerprint density at radius 3 is 2.52 bits per heavy atom. The Morgan fingerprint density at radius 2 is 1.89 bits per heavy atom. The predicted octanol–water partition coefficient (Wildman–Crippen LogP) is 4.28. The van der Waals surface area contributed by atoms with Crippen molar-refractivity contribution in [2.24, 2.45) is 0 Å². The molecule has 2 aromatic carbocycles. The van der Waals surface area contributed by atoms with Crippen LogP contribution < -0.4 is 14.8 Å². The number of hydrogen-bond acceptors (Lipinski definition) is 4. The molecule has 0 radical (unpaired) electrons. The first-order valence-electron chi connectivity index (χ1n) is 8.04. The molecule has 0 saturated heterocycles. The molecule has 0 aliphatic heterocycles. The van der Waals surface area contributed by atoms with Gasteiger partial charge in [-0.05, 0) is 47.9 Å². The van der Waals surface area contributed by atoms with E-state index in [2.05, 4.69) is 5.32 Å². The molecule has 0 atom stereocenters. The lowest BCUT2D eigenvalue weighted by molar-refractivity contribution is -0.117. The number of nitriles is 1. The number of nitrogens with one attached hydrogen (secondary N) is 1. The lowest BCUT2D eigenvalue weighted by atomic mass is 10.1. The minimum atomic E-state index is -0.469. The number of ether oxygens (including phenoxy) is 2. The van der Waals surface area contributed by atoms with Gasteiger partial charge in [0.1, 0.15) is 11.6 Å². The first-order valence-corrected chi connectivity index (χ1v) is 8.80. The number of benzene rings is 2. The quantitative estimate of drug-likeness (QED) is 0.552. The van der Waals surface area contributed by atoms with Gasteiger partial charge in [0.2, 0.25) is 0 Å². The molecular weight excluding hydrogens is 387 g/mol. The SMILES string of the molecule is COc1ccc(CCNC(=O)/C(C#N)=C\c2ccc(Cl)cc2Cl)cc1OC. The van der Waals surface area contributed by atoms with Gasteiger partial charge in [0.25, 0.3) is 5.91 Å². The summed E-state index contributed by atoms with van der Waals surface area (Å²) in [6.07, 6.45) is 2.01. The Morgan fingerprint density at radius 1 is 1.15 bits per heavy atom. The third-order valence-electron chi connectivity index (χ3n) is 3.77. The molecule has 0 unspecified atom stereocenters. The molecule has 0 spiro atoms. The predicted molar refractivity (Wildman–Crippen MR) is 106 cm³/mol. The van der Waals surface area contributed by atoms with E-state index in [1.165, 1.54) is 6.08 Å². The summed E-state index contributed by atoms with van der Waals surface area (Å²) < 4.78 is 10.5. The number of nitrogens with zero attached hydrogens (tertiary/aromatic N) is 1. The molecule has 2 aromatic rings. The molecule has 2 rings (SSSR count). The molecular formula is C20H18Cl2N2O3. The molecule has 0 fully saturated rings. The van der Waals surface area contributed by atoms with Gasteiger partial charge in [-0.3, -0.25) is 4.79 Å². The number of halogens is 2. The molecule has 27 heavy (non-hydrogen) atoms.